The van der Waals surface area contributed by atoms with Crippen LogP contribution < -0.4 is 10.9 Å². The van der Waals surface area contributed by atoms with Crippen molar-refractivity contribution in [2.75, 3.05) is 13.7 Å². The smallest absolute Gasteiger partial charge is 0.307 e. The second-order valence-electron chi connectivity index (χ2n) is 3.87. The van der Waals surface area contributed by atoms with Crippen LogP contribution in [0.2, 0.25) is 5.15 Å². The molecule has 0 atom stereocenters. The third kappa shape index (κ3) is 4.56. The average molecular weight is 318 g/mol. The first kappa shape index (κ1) is 16.6. The summed E-state index contributed by atoms with van der Waals surface area (Å²) in [4.78, 5) is 44.0. The van der Waals surface area contributed by atoms with Crippen molar-refractivity contribution in [2.24, 2.45) is 0 Å². The van der Waals surface area contributed by atoms with E-state index in [2.05, 4.69) is 10.1 Å². The Hall–Kier alpha value is -2.42. The molecule has 0 bridgehead atoms. The largest absolute Gasteiger partial charge is 0.469 e. The van der Waals surface area contributed by atoms with Gasteiger partial charge in [0.15, 0.2) is 5.15 Å². The monoisotopic (exact) mass is 317 g/mol. The third-order valence-corrected chi connectivity index (χ3v) is 2.87. The van der Waals surface area contributed by atoms with Gasteiger partial charge in [0.2, 0.25) is 5.91 Å². The van der Waals surface area contributed by atoms with Gasteiger partial charge in [0, 0.05) is 18.7 Å². The van der Waals surface area contributed by atoms with Gasteiger partial charge in [0.05, 0.1) is 18.5 Å². The molecule has 0 spiro atoms. The second-order valence-corrected chi connectivity index (χ2v) is 4.22. The molecular weight excluding hydrogens is 306 g/mol. The van der Waals surface area contributed by atoms with Crippen LogP contribution in [0.3, 0.4) is 0 Å². The lowest BCUT2D eigenvalue weighted by atomic mass is 10.4. The Bertz CT molecular complexity index is 627. The lowest BCUT2D eigenvalue weighted by Gasteiger charge is -2.08. The van der Waals surface area contributed by atoms with E-state index in [9.17, 15) is 24.5 Å². The zero-order valence-corrected chi connectivity index (χ0v) is 11.8. The summed E-state index contributed by atoms with van der Waals surface area (Å²) in [6.07, 6.45) is -0.0280. The van der Waals surface area contributed by atoms with E-state index in [4.69, 9.17) is 11.6 Å². The van der Waals surface area contributed by atoms with Crippen molar-refractivity contribution >= 4 is 29.2 Å². The summed E-state index contributed by atoms with van der Waals surface area (Å²) in [5.74, 6) is -1.11. The number of rotatable bonds is 6. The number of nitrogens with one attached hydrogen (secondary N) is 1. The number of nitrogens with zero attached hydrogens (tertiary/aromatic N) is 2. The molecule has 0 saturated carbocycles. The van der Waals surface area contributed by atoms with Crippen molar-refractivity contribution in [3.8, 4) is 0 Å². The van der Waals surface area contributed by atoms with E-state index in [0.717, 1.165) is 16.7 Å². The number of carbonyl (C=O) groups excluding carboxylic acids is 2. The van der Waals surface area contributed by atoms with Crippen LogP contribution in [-0.2, 0) is 20.9 Å². The summed E-state index contributed by atoms with van der Waals surface area (Å²) >= 11 is 5.73. The van der Waals surface area contributed by atoms with Gasteiger partial charge in [-0.15, -0.1) is 0 Å². The molecule has 0 fully saturated rings. The number of pyridine rings is 1. The van der Waals surface area contributed by atoms with E-state index in [-0.39, 0.29) is 13.0 Å². The molecule has 1 aromatic heterocycles. The third-order valence-electron chi connectivity index (χ3n) is 2.48. The highest BCUT2D eigenvalue weighted by Crippen LogP contribution is 2.21. The summed E-state index contributed by atoms with van der Waals surface area (Å²) in [5, 5.41) is 12.6. The fourth-order valence-corrected chi connectivity index (χ4v) is 1.71. The number of methoxy groups -OCH3 is 1. The Morgan fingerprint density at radius 3 is 2.71 bits per heavy atom. The van der Waals surface area contributed by atoms with Crippen LogP contribution in [0.5, 0.6) is 0 Å². The first-order valence-electron chi connectivity index (χ1n) is 5.74. The van der Waals surface area contributed by atoms with E-state index in [1.165, 1.54) is 7.11 Å². The maximum atomic E-state index is 11.6. The van der Waals surface area contributed by atoms with Gasteiger partial charge in [-0.2, -0.15) is 0 Å². The normalized spacial score (nSPS) is 10.0. The molecule has 0 aliphatic rings. The fraction of sp³-hybridized carbons (Fsp3) is 0.364. The Labute approximate surface area is 123 Å². The first-order chi connectivity index (χ1) is 9.86. The van der Waals surface area contributed by atoms with Crippen LogP contribution in [-0.4, -0.2) is 35.0 Å². The molecular formula is C11H12ClN3O6. The average Bonchev–Trinajstić information content (AvgIpc) is 2.42. The van der Waals surface area contributed by atoms with E-state index in [0.29, 0.717) is 0 Å². The standard InChI is InChI=1S/C11H12ClN3O6/c1-21-10(18)4-5-13-8(16)6-14-9(17)3-2-7(11(14)12)15(19)20/h2-3H,4-6H2,1H3,(H,13,16). The molecule has 21 heavy (non-hydrogen) atoms. The van der Waals surface area contributed by atoms with E-state index >= 15 is 0 Å². The molecule has 0 aliphatic heterocycles. The first-order valence-corrected chi connectivity index (χ1v) is 6.12. The van der Waals surface area contributed by atoms with Crippen molar-refractivity contribution in [3.05, 3.63) is 37.8 Å². The van der Waals surface area contributed by atoms with Gasteiger partial charge in [-0.05, 0) is 0 Å². The number of hydrogen-bond acceptors (Lipinski definition) is 6. The van der Waals surface area contributed by atoms with Crippen molar-refractivity contribution < 1.29 is 19.2 Å². The molecule has 0 saturated heterocycles. The molecule has 114 valence electrons. The minimum absolute atomic E-state index is 0.0206. The minimum atomic E-state index is -0.757. The summed E-state index contributed by atoms with van der Waals surface area (Å²) in [5.41, 5.74) is -1.12. The number of hydrogen-bond donors (Lipinski definition) is 1. The Balaban J connectivity index is 2.76. The quantitative estimate of drug-likeness (QED) is 0.343. The van der Waals surface area contributed by atoms with Gasteiger partial charge in [-0.25, -0.2) is 0 Å². The zero-order valence-electron chi connectivity index (χ0n) is 11.0. The Kier molecular flexibility index (Phi) is 5.85. The number of carbonyl (C=O) groups is 2. The summed E-state index contributed by atoms with van der Waals surface area (Å²) in [6.45, 7) is -0.465. The number of amides is 1. The maximum Gasteiger partial charge on any atom is 0.307 e. The number of esters is 1. The SMILES string of the molecule is COC(=O)CCNC(=O)Cn1c(Cl)c([N+](=O)[O-])ccc1=O. The second kappa shape index (κ2) is 7.39. The topological polar surface area (TPSA) is 121 Å². The van der Waals surface area contributed by atoms with Gasteiger partial charge in [-0.3, -0.25) is 29.1 Å². The molecule has 1 amide bonds. The fourth-order valence-electron chi connectivity index (χ4n) is 1.43. The predicted octanol–water partition coefficient (Wildman–Crippen LogP) is 0.0892. The highest BCUT2D eigenvalue weighted by molar-refractivity contribution is 6.31. The van der Waals surface area contributed by atoms with Crippen molar-refractivity contribution in [2.45, 2.75) is 13.0 Å². The van der Waals surface area contributed by atoms with Crippen LogP contribution in [0.1, 0.15) is 6.42 Å². The van der Waals surface area contributed by atoms with Crippen molar-refractivity contribution in [1.82, 2.24) is 9.88 Å². The molecule has 1 N–H and O–H groups in total. The minimum Gasteiger partial charge on any atom is -0.469 e. The van der Waals surface area contributed by atoms with Gasteiger partial charge >= 0.3 is 11.7 Å². The van der Waals surface area contributed by atoms with Gasteiger partial charge in [-0.1, -0.05) is 11.6 Å². The molecule has 0 aliphatic carbocycles. The van der Waals surface area contributed by atoms with E-state index in [1.54, 1.807) is 0 Å². The lowest BCUT2D eigenvalue weighted by Crippen LogP contribution is -2.33. The molecule has 0 unspecified atom stereocenters. The Morgan fingerprint density at radius 1 is 1.48 bits per heavy atom. The van der Waals surface area contributed by atoms with E-state index < -0.39 is 39.7 Å². The van der Waals surface area contributed by atoms with Crippen LogP contribution in [0, 0.1) is 10.1 Å². The predicted molar refractivity (Wildman–Crippen MR) is 72.0 cm³/mol. The molecule has 1 rings (SSSR count). The van der Waals surface area contributed by atoms with Crippen LogP contribution in [0.25, 0.3) is 0 Å². The summed E-state index contributed by atoms with van der Waals surface area (Å²) < 4.78 is 5.16. The number of aromatic nitrogens is 1. The number of halogens is 1. The van der Waals surface area contributed by atoms with Crippen LogP contribution in [0.15, 0.2) is 16.9 Å². The summed E-state index contributed by atoms with van der Waals surface area (Å²) in [7, 11) is 1.21. The highest BCUT2D eigenvalue weighted by atomic mass is 35.5. The lowest BCUT2D eigenvalue weighted by molar-refractivity contribution is -0.385. The highest BCUT2D eigenvalue weighted by Gasteiger charge is 2.18. The molecule has 9 nitrogen and oxygen atoms in total. The van der Waals surface area contributed by atoms with Crippen LogP contribution in [0.4, 0.5) is 5.69 Å². The zero-order chi connectivity index (χ0) is 16.0. The van der Waals surface area contributed by atoms with Crippen LogP contribution >= 0.6 is 11.6 Å². The molecule has 1 aromatic rings. The summed E-state index contributed by atoms with van der Waals surface area (Å²) in [6, 6.07) is 1.92. The van der Waals surface area contributed by atoms with Gasteiger partial charge in [0.1, 0.15) is 6.54 Å². The van der Waals surface area contributed by atoms with E-state index in [1.807, 2.05) is 0 Å². The van der Waals surface area contributed by atoms with Crippen molar-refractivity contribution in [1.29, 1.82) is 0 Å². The Morgan fingerprint density at radius 2 is 2.14 bits per heavy atom. The molecule has 0 radical (unpaired) electrons. The van der Waals surface area contributed by atoms with Gasteiger partial charge in [0.25, 0.3) is 5.56 Å². The molecule has 1 heterocycles. The van der Waals surface area contributed by atoms with Crippen molar-refractivity contribution in [3.63, 3.8) is 0 Å². The maximum absolute atomic E-state index is 11.6. The number of ether oxygens (including phenoxy) is 1. The molecule has 0 aromatic carbocycles. The number of nitro groups is 1. The molecule has 10 heteroatoms. The van der Waals surface area contributed by atoms with Gasteiger partial charge < -0.3 is 10.1 Å².